The second kappa shape index (κ2) is 5.41. The Morgan fingerprint density at radius 3 is 2.88 bits per heavy atom. The van der Waals surface area contributed by atoms with Crippen molar-refractivity contribution in [2.24, 2.45) is 0 Å². The summed E-state index contributed by atoms with van der Waals surface area (Å²) in [5.74, 6) is -1.58. The molecule has 0 heterocycles. The van der Waals surface area contributed by atoms with Gasteiger partial charge in [0.25, 0.3) is 0 Å². The standard InChI is InChI=1S/C14H16F2O/c15-13-7-3-5-11(14(13)16)8-10-4-1-2-6-12(17)9-10/h3,5,7,9,12,17H,1-2,4,6,8H2. The van der Waals surface area contributed by atoms with Crippen LogP contribution in [0.2, 0.25) is 0 Å². The molecule has 2 rings (SSSR count). The van der Waals surface area contributed by atoms with Crippen molar-refractivity contribution in [3.05, 3.63) is 47.0 Å². The minimum absolute atomic E-state index is 0.366. The Morgan fingerprint density at radius 1 is 1.24 bits per heavy atom. The highest BCUT2D eigenvalue weighted by Gasteiger charge is 2.13. The number of halogens is 2. The summed E-state index contributed by atoms with van der Waals surface area (Å²) in [6.45, 7) is 0. The molecule has 1 unspecified atom stereocenters. The molecule has 0 spiro atoms. The van der Waals surface area contributed by atoms with Gasteiger partial charge in [-0.1, -0.05) is 30.2 Å². The fraction of sp³-hybridized carbons (Fsp3) is 0.429. The summed E-state index contributed by atoms with van der Waals surface area (Å²) in [5.41, 5.74) is 1.37. The van der Waals surface area contributed by atoms with Crippen molar-refractivity contribution in [2.45, 2.75) is 38.2 Å². The zero-order valence-corrected chi connectivity index (χ0v) is 9.63. The molecular weight excluding hydrogens is 222 g/mol. The molecule has 0 fully saturated rings. The van der Waals surface area contributed by atoms with Crippen LogP contribution in [0.4, 0.5) is 8.78 Å². The Kier molecular flexibility index (Phi) is 3.89. The SMILES string of the molecule is OC1C=C(Cc2cccc(F)c2F)CCCC1. The van der Waals surface area contributed by atoms with E-state index in [9.17, 15) is 13.9 Å². The first-order valence-electron chi connectivity index (χ1n) is 5.97. The Balaban J connectivity index is 2.17. The molecule has 17 heavy (non-hydrogen) atoms. The molecule has 0 saturated heterocycles. The van der Waals surface area contributed by atoms with Gasteiger partial charge in [-0.3, -0.25) is 0 Å². The Morgan fingerprint density at radius 2 is 2.06 bits per heavy atom. The van der Waals surface area contributed by atoms with Crippen molar-refractivity contribution in [2.75, 3.05) is 0 Å². The highest BCUT2D eigenvalue weighted by Crippen LogP contribution is 2.23. The van der Waals surface area contributed by atoms with Crippen LogP contribution in [-0.2, 0) is 6.42 Å². The first kappa shape index (κ1) is 12.2. The van der Waals surface area contributed by atoms with Crippen LogP contribution in [0.25, 0.3) is 0 Å². The number of hydrogen-bond donors (Lipinski definition) is 1. The number of aliphatic hydroxyl groups is 1. The number of allylic oxidation sites excluding steroid dienone is 1. The first-order valence-corrected chi connectivity index (χ1v) is 5.97. The van der Waals surface area contributed by atoms with Crippen LogP contribution in [0, 0.1) is 11.6 Å². The Labute approximate surface area is 99.8 Å². The first-order chi connectivity index (χ1) is 8.16. The van der Waals surface area contributed by atoms with E-state index in [0.29, 0.717) is 12.0 Å². The van der Waals surface area contributed by atoms with E-state index in [1.807, 2.05) is 0 Å². The normalized spacial score (nSPS) is 20.9. The maximum Gasteiger partial charge on any atom is 0.162 e. The van der Waals surface area contributed by atoms with Gasteiger partial charge < -0.3 is 5.11 Å². The second-order valence-corrected chi connectivity index (χ2v) is 4.53. The van der Waals surface area contributed by atoms with Crippen molar-refractivity contribution >= 4 is 0 Å². The van der Waals surface area contributed by atoms with E-state index in [2.05, 4.69) is 0 Å². The molecule has 1 aromatic carbocycles. The number of rotatable bonds is 2. The lowest BCUT2D eigenvalue weighted by Crippen LogP contribution is -2.02. The third-order valence-electron chi connectivity index (χ3n) is 3.12. The average molecular weight is 238 g/mol. The highest BCUT2D eigenvalue weighted by molar-refractivity contribution is 5.25. The van der Waals surface area contributed by atoms with Gasteiger partial charge in [0.15, 0.2) is 11.6 Å². The van der Waals surface area contributed by atoms with Crippen molar-refractivity contribution in [1.29, 1.82) is 0 Å². The zero-order valence-electron chi connectivity index (χ0n) is 9.63. The fourth-order valence-corrected chi connectivity index (χ4v) is 2.22. The van der Waals surface area contributed by atoms with Crippen LogP contribution in [0.1, 0.15) is 31.2 Å². The topological polar surface area (TPSA) is 20.2 Å². The summed E-state index contributed by atoms with van der Waals surface area (Å²) in [7, 11) is 0. The smallest absolute Gasteiger partial charge is 0.162 e. The van der Waals surface area contributed by atoms with Crippen LogP contribution in [0.15, 0.2) is 29.8 Å². The monoisotopic (exact) mass is 238 g/mol. The van der Waals surface area contributed by atoms with Gasteiger partial charge in [0.2, 0.25) is 0 Å². The van der Waals surface area contributed by atoms with Crippen molar-refractivity contribution in [1.82, 2.24) is 0 Å². The number of benzene rings is 1. The van der Waals surface area contributed by atoms with Gasteiger partial charge in [0, 0.05) is 0 Å². The van der Waals surface area contributed by atoms with E-state index < -0.39 is 17.7 Å². The molecular formula is C14H16F2O. The van der Waals surface area contributed by atoms with E-state index >= 15 is 0 Å². The van der Waals surface area contributed by atoms with Crippen molar-refractivity contribution in [3.63, 3.8) is 0 Å². The van der Waals surface area contributed by atoms with Gasteiger partial charge >= 0.3 is 0 Å². The highest BCUT2D eigenvalue weighted by atomic mass is 19.2. The largest absolute Gasteiger partial charge is 0.389 e. The molecule has 92 valence electrons. The molecule has 1 N–H and O–H groups in total. The third kappa shape index (κ3) is 3.13. The lowest BCUT2D eigenvalue weighted by atomic mass is 10.0. The molecule has 1 aliphatic carbocycles. The molecule has 0 amide bonds. The summed E-state index contributed by atoms with van der Waals surface area (Å²) in [4.78, 5) is 0. The molecule has 0 bridgehead atoms. The van der Waals surface area contributed by atoms with Gasteiger partial charge in [-0.25, -0.2) is 8.78 Å². The zero-order chi connectivity index (χ0) is 12.3. The predicted molar refractivity (Wildman–Crippen MR) is 62.6 cm³/mol. The fourth-order valence-electron chi connectivity index (χ4n) is 2.22. The molecule has 3 heteroatoms. The molecule has 1 aromatic rings. The lowest BCUT2D eigenvalue weighted by Gasteiger charge is -2.08. The minimum Gasteiger partial charge on any atom is -0.389 e. The Hall–Kier alpha value is -1.22. The van der Waals surface area contributed by atoms with Gasteiger partial charge in [0.05, 0.1) is 6.10 Å². The molecule has 1 aliphatic rings. The van der Waals surface area contributed by atoms with E-state index in [0.717, 1.165) is 37.3 Å². The van der Waals surface area contributed by atoms with E-state index in [-0.39, 0.29) is 0 Å². The summed E-state index contributed by atoms with van der Waals surface area (Å²) in [5, 5.41) is 9.62. The maximum atomic E-state index is 13.5. The molecule has 1 nitrogen and oxygen atoms in total. The van der Waals surface area contributed by atoms with Crippen molar-refractivity contribution in [3.8, 4) is 0 Å². The number of aliphatic hydroxyl groups excluding tert-OH is 1. The molecule has 1 atom stereocenters. The van der Waals surface area contributed by atoms with Crippen LogP contribution in [-0.4, -0.2) is 11.2 Å². The van der Waals surface area contributed by atoms with E-state index in [1.54, 1.807) is 12.1 Å². The van der Waals surface area contributed by atoms with E-state index in [4.69, 9.17) is 0 Å². The molecule has 0 aliphatic heterocycles. The predicted octanol–water partition coefficient (Wildman–Crippen LogP) is 3.37. The lowest BCUT2D eigenvalue weighted by molar-refractivity contribution is 0.211. The summed E-state index contributed by atoms with van der Waals surface area (Å²) < 4.78 is 26.5. The van der Waals surface area contributed by atoms with Gasteiger partial charge in [-0.2, -0.15) is 0 Å². The van der Waals surface area contributed by atoms with E-state index in [1.165, 1.54) is 6.07 Å². The maximum absolute atomic E-state index is 13.5. The molecule has 0 saturated carbocycles. The van der Waals surface area contributed by atoms with Crippen LogP contribution < -0.4 is 0 Å². The second-order valence-electron chi connectivity index (χ2n) is 4.53. The number of hydrogen-bond acceptors (Lipinski definition) is 1. The Bertz CT molecular complexity index is 426. The molecule has 0 aromatic heterocycles. The quantitative estimate of drug-likeness (QED) is 0.783. The summed E-state index contributed by atoms with van der Waals surface area (Å²) in [6.07, 6.45) is 5.33. The van der Waals surface area contributed by atoms with Crippen LogP contribution in [0.5, 0.6) is 0 Å². The van der Waals surface area contributed by atoms with Gasteiger partial charge in [0.1, 0.15) is 0 Å². The third-order valence-corrected chi connectivity index (χ3v) is 3.12. The summed E-state index contributed by atoms with van der Waals surface area (Å²) in [6, 6.07) is 4.23. The molecule has 0 radical (unpaired) electrons. The van der Waals surface area contributed by atoms with Crippen molar-refractivity contribution < 1.29 is 13.9 Å². The van der Waals surface area contributed by atoms with Crippen LogP contribution in [0.3, 0.4) is 0 Å². The van der Waals surface area contributed by atoms with Gasteiger partial charge in [-0.05, 0) is 37.3 Å². The average Bonchev–Trinajstić information content (AvgIpc) is 2.49. The van der Waals surface area contributed by atoms with Crippen LogP contribution >= 0.6 is 0 Å². The minimum atomic E-state index is -0.808. The van der Waals surface area contributed by atoms with Gasteiger partial charge in [-0.15, -0.1) is 0 Å². The summed E-state index contributed by atoms with van der Waals surface area (Å²) >= 11 is 0.